The van der Waals surface area contributed by atoms with Crippen molar-refractivity contribution in [2.45, 2.75) is 19.6 Å². The first-order valence-corrected chi connectivity index (χ1v) is 9.02. The van der Waals surface area contributed by atoms with Gasteiger partial charge in [0.15, 0.2) is 5.78 Å². The molecule has 0 amide bonds. The monoisotopic (exact) mass is 397 g/mol. The Morgan fingerprint density at radius 2 is 1.82 bits per heavy atom. The molecule has 0 heterocycles. The fourth-order valence-corrected chi connectivity index (χ4v) is 3.04. The Morgan fingerprint density at radius 3 is 2.46 bits per heavy atom. The third-order valence-electron chi connectivity index (χ3n) is 4.38. The topological polar surface area (TPSA) is 92.8 Å². The number of hydrogen-bond acceptors (Lipinski definition) is 5. The Hall–Kier alpha value is -3.02. The van der Waals surface area contributed by atoms with Gasteiger partial charge in [-0.15, -0.1) is 0 Å². The van der Waals surface area contributed by atoms with E-state index >= 15 is 0 Å². The highest BCUT2D eigenvalue weighted by Gasteiger charge is 2.15. The third kappa shape index (κ3) is 4.27. The summed E-state index contributed by atoms with van der Waals surface area (Å²) in [7, 11) is 0. The van der Waals surface area contributed by atoms with E-state index in [9.17, 15) is 15.0 Å². The maximum atomic E-state index is 11.4. The van der Waals surface area contributed by atoms with Gasteiger partial charge in [0.25, 0.3) is 0 Å². The Bertz CT molecular complexity index is 1000. The number of carbonyl (C=O) groups excluding carboxylic acids is 1. The number of phenols is 1. The highest BCUT2D eigenvalue weighted by atomic mass is 35.5. The second kappa shape index (κ2) is 8.33. The van der Waals surface area contributed by atoms with Gasteiger partial charge in [0.05, 0.1) is 5.56 Å². The quantitative estimate of drug-likeness (QED) is 0.421. The van der Waals surface area contributed by atoms with Crippen LogP contribution >= 0.6 is 11.6 Å². The normalized spacial score (nSPS) is 11.8. The van der Waals surface area contributed by atoms with Crippen LogP contribution in [0.3, 0.4) is 0 Å². The van der Waals surface area contributed by atoms with Crippen LogP contribution < -0.4 is 10.5 Å². The van der Waals surface area contributed by atoms with Gasteiger partial charge in [0.1, 0.15) is 29.2 Å². The van der Waals surface area contributed by atoms with Crippen LogP contribution in [0.15, 0.2) is 60.7 Å². The molecular weight excluding hydrogens is 378 g/mol. The lowest BCUT2D eigenvalue weighted by Gasteiger charge is -2.14. The average Bonchev–Trinajstić information content (AvgIpc) is 2.68. The van der Waals surface area contributed by atoms with Crippen molar-refractivity contribution >= 4 is 23.1 Å². The van der Waals surface area contributed by atoms with Crippen LogP contribution in [0.1, 0.15) is 40.1 Å². The summed E-state index contributed by atoms with van der Waals surface area (Å²) >= 11 is 6.09. The predicted molar refractivity (Wildman–Crippen MR) is 109 cm³/mol. The van der Waals surface area contributed by atoms with Crippen LogP contribution in [0.2, 0.25) is 5.02 Å². The van der Waals surface area contributed by atoms with E-state index in [1.54, 1.807) is 24.3 Å². The molecular formula is C22H20ClNO4. The molecule has 3 rings (SSSR count). The van der Waals surface area contributed by atoms with Crippen molar-refractivity contribution in [2.75, 3.05) is 5.73 Å². The lowest BCUT2D eigenvalue weighted by molar-refractivity contribution is 0.101. The molecule has 0 radical (unpaired) electrons. The first kappa shape index (κ1) is 19.7. The van der Waals surface area contributed by atoms with Gasteiger partial charge in [0, 0.05) is 5.69 Å². The number of ether oxygens (including phenoxy) is 1. The van der Waals surface area contributed by atoms with Crippen molar-refractivity contribution in [1.82, 2.24) is 0 Å². The van der Waals surface area contributed by atoms with Crippen LogP contribution in [0.5, 0.6) is 11.5 Å². The van der Waals surface area contributed by atoms with Gasteiger partial charge in [-0.1, -0.05) is 48.0 Å². The molecule has 144 valence electrons. The number of aliphatic hydroxyl groups excluding tert-OH is 1. The standard InChI is InChI=1S/C22H20ClNO4/c1-13(25)18-9-10-19(20(23)22(18)27)28-12-14-5-7-15(8-6-14)21(26)16-3-2-4-17(24)11-16/h2-11,21,26-27H,12,24H2,1H3. The summed E-state index contributed by atoms with van der Waals surface area (Å²) in [6, 6.07) is 17.4. The highest BCUT2D eigenvalue weighted by molar-refractivity contribution is 6.34. The predicted octanol–water partition coefficient (Wildman–Crippen LogP) is 4.49. The summed E-state index contributed by atoms with van der Waals surface area (Å²) < 4.78 is 5.66. The SMILES string of the molecule is CC(=O)c1ccc(OCc2ccc(C(O)c3cccc(N)c3)cc2)c(Cl)c1O. The lowest BCUT2D eigenvalue weighted by Crippen LogP contribution is -2.02. The molecule has 0 aromatic heterocycles. The zero-order valence-electron chi connectivity index (χ0n) is 15.2. The number of anilines is 1. The fraction of sp³-hybridized carbons (Fsp3) is 0.136. The van der Waals surface area contributed by atoms with E-state index in [2.05, 4.69) is 0 Å². The van der Waals surface area contributed by atoms with Crippen molar-refractivity contribution in [3.05, 3.63) is 87.9 Å². The maximum absolute atomic E-state index is 11.4. The molecule has 3 aromatic rings. The van der Waals surface area contributed by atoms with Crippen molar-refractivity contribution in [2.24, 2.45) is 0 Å². The highest BCUT2D eigenvalue weighted by Crippen LogP contribution is 2.36. The molecule has 0 saturated carbocycles. The van der Waals surface area contributed by atoms with Crippen LogP contribution in [0, 0.1) is 0 Å². The first-order chi connectivity index (χ1) is 13.4. The summed E-state index contributed by atoms with van der Waals surface area (Å²) in [6.45, 7) is 1.57. The number of halogens is 1. The van der Waals surface area contributed by atoms with E-state index < -0.39 is 6.10 Å². The van der Waals surface area contributed by atoms with E-state index in [0.29, 0.717) is 5.69 Å². The number of nitrogen functional groups attached to an aromatic ring is 1. The second-order valence-corrected chi connectivity index (χ2v) is 6.81. The molecule has 4 N–H and O–H groups in total. The average molecular weight is 398 g/mol. The number of carbonyl (C=O) groups is 1. The Labute approximate surface area is 168 Å². The van der Waals surface area contributed by atoms with Gasteiger partial charge < -0.3 is 20.7 Å². The van der Waals surface area contributed by atoms with E-state index in [1.807, 2.05) is 30.3 Å². The van der Waals surface area contributed by atoms with Crippen LogP contribution in [-0.2, 0) is 6.61 Å². The molecule has 0 aliphatic heterocycles. The van der Waals surface area contributed by atoms with Crippen molar-refractivity contribution in [3.8, 4) is 11.5 Å². The van der Waals surface area contributed by atoms with Crippen LogP contribution in [-0.4, -0.2) is 16.0 Å². The molecule has 0 fully saturated rings. The molecule has 0 aliphatic rings. The van der Waals surface area contributed by atoms with E-state index in [1.165, 1.54) is 13.0 Å². The molecule has 0 bridgehead atoms. The number of aromatic hydroxyl groups is 1. The Morgan fingerprint density at radius 1 is 1.11 bits per heavy atom. The molecule has 1 atom stereocenters. The summed E-state index contributed by atoms with van der Waals surface area (Å²) in [6.07, 6.45) is -0.774. The minimum Gasteiger partial charge on any atom is -0.505 e. The van der Waals surface area contributed by atoms with Crippen molar-refractivity contribution in [3.63, 3.8) is 0 Å². The third-order valence-corrected chi connectivity index (χ3v) is 4.74. The Balaban J connectivity index is 1.70. The number of benzene rings is 3. The summed E-state index contributed by atoms with van der Waals surface area (Å²) in [5, 5.41) is 20.5. The number of ketones is 1. The molecule has 5 nitrogen and oxygen atoms in total. The fourth-order valence-electron chi connectivity index (χ4n) is 2.82. The largest absolute Gasteiger partial charge is 0.505 e. The molecule has 0 saturated heterocycles. The number of nitrogens with two attached hydrogens (primary N) is 1. The van der Waals surface area contributed by atoms with E-state index in [0.717, 1.165) is 16.7 Å². The summed E-state index contributed by atoms with van der Waals surface area (Å²) in [5.74, 6) is -0.277. The zero-order valence-corrected chi connectivity index (χ0v) is 16.0. The maximum Gasteiger partial charge on any atom is 0.163 e. The summed E-state index contributed by atoms with van der Waals surface area (Å²) in [4.78, 5) is 11.4. The van der Waals surface area contributed by atoms with Gasteiger partial charge in [-0.3, -0.25) is 4.79 Å². The second-order valence-electron chi connectivity index (χ2n) is 6.43. The Kier molecular flexibility index (Phi) is 5.87. The number of phenolic OH excluding ortho intramolecular Hbond substituents is 1. The van der Waals surface area contributed by atoms with E-state index in [-0.39, 0.29) is 34.5 Å². The number of aliphatic hydroxyl groups is 1. The molecule has 1 unspecified atom stereocenters. The van der Waals surface area contributed by atoms with Crippen LogP contribution in [0.25, 0.3) is 0 Å². The molecule has 28 heavy (non-hydrogen) atoms. The molecule has 3 aromatic carbocycles. The number of Topliss-reactive ketones (excluding diaryl/α,β-unsaturated/α-hetero) is 1. The van der Waals surface area contributed by atoms with Crippen LogP contribution in [0.4, 0.5) is 5.69 Å². The smallest absolute Gasteiger partial charge is 0.163 e. The first-order valence-electron chi connectivity index (χ1n) is 8.64. The molecule has 0 aliphatic carbocycles. The van der Waals surface area contributed by atoms with Gasteiger partial charge in [0.2, 0.25) is 0 Å². The summed E-state index contributed by atoms with van der Waals surface area (Å²) in [5.41, 5.74) is 8.82. The van der Waals surface area contributed by atoms with Gasteiger partial charge in [-0.25, -0.2) is 0 Å². The minimum absolute atomic E-state index is 0.00130. The van der Waals surface area contributed by atoms with E-state index in [4.69, 9.17) is 22.1 Å². The number of hydrogen-bond donors (Lipinski definition) is 3. The van der Waals surface area contributed by atoms with Gasteiger partial charge in [-0.05, 0) is 47.9 Å². The minimum atomic E-state index is -0.774. The van der Waals surface area contributed by atoms with Crippen molar-refractivity contribution in [1.29, 1.82) is 0 Å². The zero-order chi connectivity index (χ0) is 20.3. The van der Waals surface area contributed by atoms with Gasteiger partial charge in [-0.2, -0.15) is 0 Å². The molecule has 0 spiro atoms. The molecule has 6 heteroatoms. The lowest BCUT2D eigenvalue weighted by atomic mass is 10.00. The van der Waals surface area contributed by atoms with Gasteiger partial charge >= 0.3 is 0 Å². The van der Waals surface area contributed by atoms with Crippen molar-refractivity contribution < 1.29 is 19.7 Å². The number of rotatable bonds is 6.